The molecule has 3 N–H and O–H groups in total. The van der Waals surface area contributed by atoms with E-state index in [0.29, 0.717) is 19.1 Å². The molecule has 1 aromatic heterocycles. The predicted molar refractivity (Wildman–Crippen MR) is 80.4 cm³/mol. The van der Waals surface area contributed by atoms with Gasteiger partial charge in [-0.05, 0) is 30.2 Å². The molecule has 0 atom stereocenters. The lowest BCUT2D eigenvalue weighted by Crippen LogP contribution is -2.10. The summed E-state index contributed by atoms with van der Waals surface area (Å²) in [6, 6.07) is 9.67. The van der Waals surface area contributed by atoms with Crippen molar-refractivity contribution in [3.63, 3.8) is 0 Å². The van der Waals surface area contributed by atoms with Crippen LogP contribution in [-0.2, 0) is 0 Å². The van der Waals surface area contributed by atoms with Gasteiger partial charge in [0.2, 0.25) is 0 Å². The number of hydrogen-bond acceptors (Lipinski definition) is 5. The maximum Gasteiger partial charge on any atom is 0.133 e. The molecule has 0 aliphatic rings. The van der Waals surface area contributed by atoms with Crippen molar-refractivity contribution in [1.82, 2.24) is 9.97 Å². The average Bonchev–Trinajstić information content (AvgIpc) is 2.47. The molecule has 106 valence electrons. The minimum atomic E-state index is 0.380. The molecule has 0 spiro atoms. The second-order valence-electron chi connectivity index (χ2n) is 4.77. The molecule has 0 aliphatic heterocycles. The SMILES string of the molecule is CC(C)c1cc(Nc2ccc(OCCN)cc2)ncn1. The highest BCUT2D eigenvalue weighted by Gasteiger charge is 2.03. The summed E-state index contributed by atoms with van der Waals surface area (Å²) in [5, 5.41) is 3.25. The third-order valence-corrected chi connectivity index (χ3v) is 2.79. The number of anilines is 2. The molecular weight excluding hydrogens is 252 g/mol. The van der Waals surface area contributed by atoms with E-state index in [1.165, 1.54) is 0 Å². The Hall–Kier alpha value is -2.14. The second-order valence-corrected chi connectivity index (χ2v) is 4.77. The molecular formula is C15H20N4O. The largest absolute Gasteiger partial charge is 0.492 e. The van der Waals surface area contributed by atoms with Gasteiger partial charge >= 0.3 is 0 Å². The van der Waals surface area contributed by atoms with Crippen molar-refractivity contribution in [2.45, 2.75) is 19.8 Å². The Morgan fingerprint density at radius 3 is 2.60 bits per heavy atom. The number of ether oxygens (including phenoxy) is 1. The molecule has 0 radical (unpaired) electrons. The Labute approximate surface area is 119 Å². The average molecular weight is 272 g/mol. The van der Waals surface area contributed by atoms with Gasteiger partial charge in [0.15, 0.2) is 0 Å². The summed E-state index contributed by atoms with van der Waals surface area (Å²) in [5.41, 5.74) is 7.37. The number of hydrogen-bond donors (Lipinski definition) is 2. The third kappa shape index (κ3) is 3.93. The van der Waals surface area contributed by atoms with Gasteiger partial charge in [-0.2, -0.15) is 0 Å². The molecule has 0 unspecified atom stereocenters. The summed E-state index contributed by atoms with van der Waals surface area (Å²) in [4.78, 5) is 8.46. The molecule has 0 saturated heterocycles. The Bertz CT molecular complexity index is 540. The van der Waals surface area contributed by atoms with Crippen LogP contribution in [0.3, 0.4) is 0 Å². The molecule has 0 aliphatic carbocycles. The number of nitrogens with zero attached hydrogens (tertiary/aromatic N) is 2. The highest BCUT2D eigenvalue weighted by atomic mass is 16.5. The minimum Gasteiger partial charge on any atom is -0.492 e. The van der Waals surface area contributed by atoms with Crippen molar-refractivity contribution in [3.8, 4) is 5.75 Å². The fraction of sp³-hybridized carbons (Fsp3) is 0.333. The topological polar surface area (TPSA) is 73.1 Å². The molecule has 1 aromatic carbocycles. The molecule has 0 saturated carbocycles. The maximum atomic E-state index is 5.43. The van der Waals surface area contributed by atoms with Gasteiger partial charge in [0.25, 0.3) is 0 Å². The zero-order valence-electron chi connectivity index (χ0n) is 11.8. The lowest BCUT2D eigenvalue weighted by molar-refractivity contribution is 0.328. The summed E-state index contributed by atoms with van der Waals surface area (Å²) in [5.74, 6) is 1.98. The minimum absolute atomic E-state index is 0.380. The normalized spacial score (nSPS) is 10.6. The maximum absolute atomic E-state index is 5.43. The molecule has 0 fully saturated rings. The second kappa shape index (κ2) is 6.86. The number of nitrogens with two attached hydrogens (primary N) is 1. The van der Waals surface area contributed by atoms with Gasteiger partial charge in [0.05, 0.1) is 0 Å². The standard InChI is InChI=1S/C15H20N4O/c1-11(2)14-9-15(18-10-17-14)19-12-3-5-13(6-4-12)20-8-7-16/h3-6,9-11H,7-8,16H2,1-2H3,(H,17,18,19). The van der Waals surface area contributed by atoms with Crippen LogP contribution in [0.15, 0.2) is 36.7 Å². The van der Waals surface area contributed by atoms with Gasteiger partial charge in [-0.3, -0.25) is 0 Å². The van der Waals surface area contributed by atoms with E-state index in [0.717, 1.165) is 22.9 Å². The highest BCUT2D eigenvalue weighted by Crippen LogP contribution is 2.20. The van der Waals surface area contributed by atoms with Crippen molar-refractivity contribution in [2.24, 2.45) is 5.73 Å². The number of rotatable bonds is 6. The molecule has 2 aromatic rings. The first-order chi connectivity index (χ1) is 9.69. The van der Waals surface area contributed by atoms with Crippen molar-refractivity contribution in [2.75, 3.05) is 18.5 Å². The van der Waals surface area contributed by atoms with Crippen LogP contribution in [-0.4, -0.2) is 23.1 Å². The molecule has 2 rings (SSSR count). The van der Waals surface area contributed by atoms with E-state index in [2.05, 4.69) is 29.1 Å². The summed E-state index contributed by atoms with van der Waals surface area (Å²) in [7, 11) is 0. The van der Waals surface area contributed by atoms with Crippen LogP contribution < -0.4 is 15.8 Å². The number of aromatic nitrogens is 2. The van der Waals surface area contributed by atoms with E-state index in [-0.39, 0.29) is 0 Å². The Morgan fingerprint density at radius 1 is 1.20 bits per heavy atom. The van der Waals surface area contributed by atoms with Crippen LogP contribution in [0.4, 0.5) is 11.5 Å². The lowest BCUT2D eigenvalue weighted by atomic mass is 10.1. The van der Waals surface area contributed by atoms with Crippen molar-refractivity contribution in [3.05, 3.63) is 42.4 Å². The molecule has 20 heavy (non-hydrogen) atoms. The quantitative estimate of drug-likeness (QED) is 0.845. The van der Waals surface area contributed by atoms with Gasteiger partial charge in [0.1, 0.15) is 24.5 Å². The van der Waals surface area contributed by atoms with Crippen LogP contribution in [0, 0.1) is 0 Å². The van der Waals surface area contributed by atoms with E-state index >= 15 is 0 Å². The summed E-state index contributed by atoms with van der Waals surface area (Å²) in [6.45, 7) is 5.25. The van der Waals surface area contributed by atoms with E-state index in [4.69, 9.17) is 10.5 Å². The van der Waals surface area contributed by atoms with Crippen LogP contribution in [0.25, 0.3) is 0 Å². The van der Waals surface area contributed by atoms with Gasteiger partial charge in [-0.25, -0.2) is 9.97 Å². The third-order valence-electron chi connectivity index (χ3n) is 2.79. The fourth-order valence-electron chi connectivity index (χ4n) is 1.72. The highest BCUT2D eigenvalue weighted by molar-refractivity contribution is 5.57. The molecule has 5 nitrogen and oxygen atoms in total. The zero-order chi connectivity index (χ0) is 14.4. The Morgan fingerprint density at radius 2 is 1.95 bits per heavy atom. The van der Waals surface area contributed by atoms with Gasteiger partial charge in [-0.1, -0.05) is 13.8 Å². The monoisotopic (exact) mass is 272 g/mol. The van der Waals surface area contributed by atoms with Crippen molar-refractivity contribution in [1.29, 1.82) is 0 Å². The lowest BCUT2D eigenvalue weighted by Gasteiger charge is -2.09. The van der Waals surface area contributed by atoms with Crippen LogP contribution in [0.2, 0.25) is 0 Å². The molecule has 0 bridgehead atoms. The van der Waals surface area contributed by atoms with E-state index in [9.17, 15) is 0 Å². The van der Waals surface area contributed by atoms with E-state index in [1.54, 1.807) is 6.33 Å². The van der Waals surface area contributed by atoms with Crippen molar-refractivity contribution < 1.29 is 4.74 Å². The van der Waals surface area contributed by atoms with E-state index in [1.807, 2.05) is 30.3 Å². The summed E-state index contributed by atoms with van der Waals surface area (Å²) < 4.78 is 5.43. The smallest absolute Gasteiger partial charge is 0.133 e. The summed E-state index contributed by atoms with van der Waals surface area (Å²) in [6.07, 6.45) is 1.58. The molecule has 5 heteroatoms. The zero-order valence-corrected chi connectivity index (χ0v) is 11.8. The number of benzene rings is 1. The first-order valence-electron chi connectivity index (χ1n) is 6.71. The van der Waals surface area contributed by atoms with Gasteiger partial charge in [-0.15, -0.1) is 0 Å². The molecule has 0 amide bonds. The van der Waals surface area contributed by atoms with Crippen LogP contribution in [0.5, 0.6) is 5.75 Å². The van der Waals surface area contributed by atoms with E-state index < -0.39 is 0 Å². The van der Waals surface area contributed by atoms with Gasteiger partial charge in [0, 0.05) is 24.0 Å². The Kier molecular flexibility index (Phi) is 4.90. The van der Waals surface area contributed by atoms with Crippen LogP contribution in [0.1, 0.15) is 25.5 Å². The van der Waals surface area contributed by atoms with Crippen LogP contribution >= 0.6 is 0 Å². The number of nitrogens with one attached hydrogen (secondary N) is 1. The van der Waals surface area contributed by atoms with Crippen molar-refractivity contribution >= 4 is 11.5 Å². The summed E-state index contributed by atoms with van der Waals surface area (Å²) >= 11 is 0. The Balaban J connectivity index is 2.04. The van der Waals surface area contributed by atoms with Gasteiger partial charge < -0.3 is 15.8 Å². The first kappa shape index (κ1) is 14.3. The fourth-order valence-corrected chi connectivity index (χ4v) is 1.72. The molecule has 1 heterocycles. The first-order valence-corrected chi connectivity index (χ1v) is 6.71. The predicted octanol–water partition coefficient (Wildman–Crippen LogP) is 2.68.